The average Bonchev–Trinajstić information content (AvgIpc) is 2.73. The summed E-state index contributed by atoms with van der Waals surface area (Å²) in [5.74, 6) is 0.0701. The van der Waals surface area contributed by atoms with Crippen molar-refractivity contribution in [1.82, 2.24) is 19.9 Å². The van der Waals surface area contributed by atoms with E-state index < -0.39 is 30.2 Å². The van der Waals surface area contributed by atoms with Crippen LogP contribution in [0.1, 0.15) is 27.7 Å². The zero-order valence-electron chi connectivity index (χ0n) is 17.5. The van der Waals surface area contributed by atoms with Gasteiger partial charge in [0, 0.05) is 29.7 Å². The molecule has 9 nitrogen and oxygen atoms in total. The molecule has 3 rings (SSSR count). The summed E-state index contributed by atoms with van der Waals surface area (Å²) < 4.78 is 50.8. The minimum atomic E-state index is -3.69. The SMILES string of the molecule is CC(C)S(=O)(=O)c1ncccc1-c1ncc(-c2cccnc2S(=O)(=O)C(C)C)c(N)n1. The van der Waals surface area contributed by atoms with Gasteiger partial charge in [0.25, 0.3) is 0 Å². The van der Waals surface area contributed by atoms with Crippen molar-refractivity contribution in [3.05, 3.63) is 42.9 Å². The minimum absolute atomic E-state index is 0.00467. The van der Waals surface area contributed by atoms with Crippen LogP contribution in [0.3, 0.4) is 0 Å². The normalized spacial score (nSPS) is 12.5. The molecule has 0 aliphatic rings. The molecule has 0 aromatic carbocycles. The maximum absolute atomic E-state index is 12.7. The lowest BCUT2D eigenvalue weighted by Gasteiger charge is -2.14. The highest BCUT2D eigenvalue weighted by Gasteiger charge is 2.28. The molecule has 0 aliphatic heterocycles. The van der Waals surface area contributed by atoms with Gasteiger partial charge in [-0.3, -0.25) is 0 Å². The highest BCUT2D eigenvalue weighted by molar-refractivity contribution is 7.92. The molecule has 0 fully saturated rings. The molecule has 0 saturated carbocycles. The van der Waals surface area contributed by atoms with Crippen LogP contribution < -0.4 is 5.73 Å². The molecular weight excluding hydrogens is 438 g/mol. The standard InChI is InChI=1S/C20H23N5O4S2/c1-12(2)30(26,27)19-14(7-5-9-22-19)16-11-24-18(25-17(16)21)15-8-6-10-23-20(15)31(28,29)13(3)4/h5-13H,1-4H3,(H2,21,24,25). The zero-order valence-corrected chi connectivity index (χ0v) is 19.1. The largest absolute Gasteiger partial charge is 0.383 e. The number of anilines is 1. The molecule has 0 amide bonds. The lowest BCUT2D eigenvalue weighted by atomic mass is 10.1. The van der Waals surface area contributed by atoms with Gasteiger partial charge in [-0.05, 0) is 52.0 Å². The fourth-order valence-corrected chi connectivity index (χ4v) is 5.05. The summed E-state index contributed by atoms with van der Waals surface area (Å²) in [6.45, 7) is 6.25. The molecule has 31 heavy (non-hydrogen) atoms. The highest BCUT2D eigenvalue weighted by Crippen LogP contribution is 2.33. The van der Waals surface area contributed by atoms with E-state index in [1.54, 1.807) is 52.0 Å². The third kappa shape index (κ3) is 4.15. The lowest BCUT2D eigenvalue weighted by molar-refractivity contribution is 0.582. The first-order chi connectivity index (χ1) is 14.5. The number of sulfone groups is 2. The van der Waals surface area contributed by atoms with Crippen molar-refractivity contribution in [2.24, 2.45) is 0 Å². The summed E-state index contributed by atoms with van der Waals surface area (Å²) >= 11 is 0. The van der Waals surface area contributed by atoms with Crippen LogP contribution in [0.5, 0.6) is 0 Å². The Hall–Kier alpha value is -2.92. The molecule has 11 heteroatoms. The topological polar surface area (TPSA) is 146 Å². The summed E-state index contributed by atoms with van der Waals surface area (Å²) in [6.07, 6.45) is 4.14. The second kappa shape index (κ2) is 8.31. The van der Waals surface area contributed by atoms with E-state index in [0.29, 0.717) is 0 Å². The number of hydrogen-bond acceptors (Lipinski definition) is 9. The van der Waals surface area contributed by atoms with Gasteiger partial charge in [-0.2, -0.15) is 0 Å². The van der Waals surface area contributed by atoms with E-state index in [-0.39, 0.29) is 38.4 Å². The molecule has 3 heterocycles. The third-order valence-corrected chi connectivity index (χ3v) is 8.88. The van der Waals surface area contributed by atoms with Gasteiger partial charge in [0.05, 0.1) is 16.1 Å². The second-order valence-electron chi connectivity index (χ2n) is 7.39. The summed E-state index contributed by atoms with van der Waals surface area (Å²) in [6, 6.07) is 6.30. The van der Waals surface area contributed by atoms with Crippen LogP contribution >= 0.6 is 0 Å². The van der Waals surface area contributed by atoms with Crippen molar-refractivity contribution in [3.63, 3.8) is 0 Å². The van der Waals surface area contributed by atoms with Crippen LogP contribution in [-0.2, 0) is 19.7 Å². The first kappa shape index (κ1) is 22.8. The number of hydrogen-bond donors (Lipinski definition) is 1. The summed E-state index contributed by atoms with van der Waals surface area (Å²) in [5, 5.41) is -1.61. The van der Waals surface area contributed by atoms with Gasteiger partial charge in [-0.15, -0.1) is 0 Å². The van der Waals surface area contributed by atoms with E-state index in [1.165, 1.54) is 18.6 Å². The molecular formula is C20H23N5O4S2. The molecule has 3 aromatic rings. The van der Waals surface area contributed by atoms with Crippen LogP contribution in [0.25, 0.3) is 22.5 Å². The van der Waals surface area contributed by atoms with Crippen LogP contribution in [0.4, 0.5) is 5.82 Å². The Kier molecular flexibility index (Phi) is 6.10. The molecule has 3 aromatic heterocycles. The van der Waals surface area contributed by atoms with E-state index in [4.69, 9.17) is 5.73 Å². The first-order valence-electron chi connectivity index (χ1n) is 9.49. The van der Waals surface area contributed by atoms with E-state index in [9.17, 15) is 16.8 Å². The Bertz CT molecular complexity index is 1340. The highest BCUT2D eigenvalue weighted by atomic mass is 32.2. The molecule has 0 spiro atoms. The van der Waals surface area contributed by atoms with Crippen LogP contribution in [0.2, 0.25) is 0 Å². The second-order valence-corrected chi connectivity index (χ2v) is 12.2. The van der Waals surface area contributed by atoms with Gasteiger partial charge in [0.2, 0.25) is 0 Å². The van der Waals surface area contributed by atoms with Crippen LogP contribution in [-0.4, -0.2) is 47.3 Å². The van der Waals surface area contributed by atoms with Crippen molar-refractivity contribution >= 4 is 25.5 Å². The molecule has 0 radical (unpaired) electrons. The van der Waals surface area contributed by atoms with Gasteiger partial charge >= 0.3 is 0 Å². The fraction of sp³-hybridized carbons (Fsp3) is 0.300. The lowest BCUT2D eigenvalue weighted by Crippen LogP contribution is -2.17. The van der Waals surface area contributed by atoms with Gasteiger partial charge < -0.3 is 5.73 Å². The Morgan fingerprint density at radius 2 is 1.23 bits per heavy atom. The Balaban J connectivity index is 2.18. The van der Waals surface area contributed by atoms with Gasteiger partial charge in [-0.25, -0.2) is 36.8 Å². The first-order valence-corrected chi connectivity index (χ1v) is 12.6. The Labute approximate surface area is 181 Å². The number of rotatable bonds is 6. The molecule has 0 aliphatic carbocycles. The van der Waals surface area contributed by atoms with Crippen LogP contribution in [0.15, 0.2) is 52.9 Å². The Morgan fingerprint density at radius 3 is 1.71 bits per heavy atom. The molecule has 0 saturated heterocycles. The summed E-state index contributed by atoms with van der Waals surface area (Å²) in [7, 11) is -7.37. The maximum atomic E-state index is 12.7. The van der Waals surface area contributed by atoms with Gasteiger partial charge in [-0.1, -0.05) is 0 Å². The molecule has 0 unspecified atom stereocenters. The van der Waals surface area contributed by atoms with Gasteiger partial charge in [0.1, 0.15) is 5.82 Å². The van der Waals surface area contributed by atoms with E-state index in [0.717, 1.165) is 0 Å². The van der Waals surface area contributed by atoms with Crippen molar-refractivity contribution in [2.45, 2.75) is 48.2 Å². The van der Waals surface area contributed by atoms with Crippen molar-refractivity contribution in [1.29, 1.82) is 0 Å². The molecule has 0 bridgehead atoms. The quantitative estimate of drug-likeness (QED) is 0.585. The van der Waals surface area contributed by atoms with Crippen LogP contribution in [0, 0.1) is 0 Å². The summed E-state index contributed by atoms with van der Waals surface area (Å²) in [5.41, 5.74) is 6.94. The molecule has 0 atom stereocenters. The number of nitrogen functional groups attached to an aromatic ring is 1. The third-order valence-electron chi connectivity index (χ3n) is 4.67. The predicted octanol–water partition coefficient (Wildman–Crippen LogP) is 2.55. The maximum Gasteiger partial charge on any atom is 0.198 e. The van der Waals surface area contributed by atoms with Crippen molar-refractivity contribution in [2.75, 3.05) is 5.73 Å². The molecule has 2 N–H and O–H groups in total. The predicted molar refractivity (Wildman–Crippen MR) is 118 cm³/mol. The van der Waals surface area contributed by atoms with Gasteiger partial charge in [0.15, 0.2) is 35.6 Å². The van der Waals surface area contributed by atoms with Crippen molar-refractivity contribution in [3.8, 4) is 22.5 Å². The zero-order chi connectivity index (χ0) is 23.0. The smallest absolute Gasteiger partial charge is 0.198 e. The number of pyridine rings is 2. The van der Waals surface area contributed by atoms with E-state index >= 15 is 0 Å². The number of nitrogens with zero attached hydrogens (tertiary/aromatic N) is 4. The monoisotopic (exact) mass is 461 g/mol. The fourth-order valence-electron chi connectivity index (χ4n) is 2.79. The Morgan fingerprint density at radius 1 is 0.742 bits per heavy atom. The van der Waals surface area contributed by atoms with Crippen molar-refractivity contribution < 1.29 is 16.8 Å². The van der Waals surface area contributed by atoms with E-state index in [1.807, 2.05) is 0 Å². The summed E-state index contributed by atoms with van der Waals surface area (Å²) in [4.78, 5) is 16.6. The number of nitrogens with two attached hydrogens (primary N) is 1. The van der Waals surface area contributed by atoms with E-state index in [2.05, 4.69) is 19.9 Å². The molecule has 164 valence electrons. The number of aromatic nitrogens is 4. The minimum Gasteiger partial charge on any atom is -0.383 e. The average molecular weight is 462 g/mol.